The van der Waals surface area contributed by atoms with Gasteiger partial charge in [0.15, 0.2) is 0 Å². The second kappa shape index (κ2) is 10.7. The van der Waals surface area contributed by atoms with Crippen molar-refractivity contribution in [3.63, 3.8) is 0 Å². The van der Waals surface area contributed by atoms with Gasteiger partial charge in [-0.05, 0) is 56.0 Å². The first-order valence-corrected chi connectivity index (χ1v) is 13.2. The Morgan fingerprint density at radius 3 is 2.16 bits per heavy atom. The van der Waals surface area contributed by atoms with Gasteiger partial charge in [-0.15, -0.1) is 0 Å². The Kier molecular flexibility index (Phi) is 7.18. The molecule has 38 heavy (non-hydrogen) atoms. The maximum atomic E-state index is 14.0. The summed E-state index contributed by atoms with van der Waals surface area (Å²) in [7, 11) is 0. The molecule has 0 radical (unpaired) electrons. The van der Waals surface area contributed by atoms with Crippen molar-refractivity contribution in [1.82, 2.24) is 15.1 Å². The van der Waals surface area contributed by atoms with E-state index in [2.05, 4.69) is 10.2 Å². The number of carbonyl (C=O) groups is 3. The van der Waals surface area contributed by atoms with Crippen LogP contribution in [0.2, 0.25) is 0 Å². The van der Waals surface area contributed by atoms with Crippen molar-refractivity contribution >= 4 is 23.4 Å². The van der Waals surface area contributed by atoms with Crippen molar-refractivity contribution < 1.29 is 14.4 Å². The van der Waals surface area contributed by atoms with Gasteiger partial charge in [0, 0.05) is 24.3 Å². The summed E-state index contributed by atoms with van der Waals surface area (Å²) < 4.78 is 0. The van der Waals surface area contributed by atoms with Crippen molar-refractivity contribution in [2.24, 2.45) is 0 Å². The summed E-state index contributed by atoms with van der Waals surface area (Å²) in [6.45, 7) is 5.17. The van der Waals surface area contributed by atoms with Crippen LogP contribution in [0.25, 0.3) is 0 Å². The van der Waals surface area contributed by atoms with Gasteiger partial charge in [-0.3, -0.25) is 14.4 Å². The molecule has 2 saturated heterocycles. The lowest BCUT2D eigenvalue weighted by Crippen LogP contribution is -2.57. The number of rotatable bonds is 6. The lowest BCUT2D eigenvalue weighted by Gasteiger charge is -2.43. The van der Waals surface area contributed by atoms with E-state index in [1.54, 1.807) is 4.90 Å². The van der Waals surface area contributed by atoms with Crippen LogP contribution in [0.4, 0.5) is 5.69 Å². The maximum absolute atomic E-state index is 14.0. The normalized spacial score (nSPS) is 17.5. The molecule has 2 fully saturated rings. The average Bonchev–Trinajstić information content (AvgIpc) is 3.20. The topological polar surface area (TPSA) is 73.0 Å². The zero-order valence-electron chi connectivity index (χ0n) is 22.0. The smallest absolute Gasteiger partial charge is 0.254 e. The van der Waals surface area contributed by atoms with E-state index in [-0.39, 0.29) is 30.3 Å². The van der Waals surface area contributed by atoms with Gasteiger partial charge in [0.2, 0.25) is 5.91 Å². The summed E-state index contributed by atoms with van der Waals surface area (Å²) in [5.41, 5.74) is 2.83. The first-order valence-electron chi connectivity index (χ1n) is 13.2. The molecule has 0 aromatic heterocycles. The number of para-hydroxylation sites is 1. The first-order chi connectivity index (χ1) is 18.4. The fourth-order valence-electron chi connectivity index (χ4n) is 5.67. The van der Waals surface area contributed by atoms with Crippen LogP contribution in [0.15, 0.2) is 84.9 Å². The molecule has 1 unspecified atom stereocenters. The lowest BCUT2D eigenvalue weighted by molar-refractivity contribution is -0.137. The van der Waals surface area contributed by atoms with Crippen molar-refractivity contribution in [3.8, 4) is 0 Å². The number of nitrogens with one attached hydrogen (secondary N) is 1. The predicted molar refractivity (Wildman–Crippen MR) is 148 cm³/mol. The molecule has 5 rings (SSSR count). The number of hydrogen-bond donors (Lipinski definition) is 1. The minimum atomic E-state index is -0.783. The summed E-state index contributed by atoms with van der Waals surface area (Å²) in [6.07, 6.45) is 1.02. The second-order valence-electron chi connectivity index (χ2n) is 10.2. The van der Waals surface area contributed by atoms with E-state index in [1.807, 2.05) is 104 Å². The SMILES string of the molecule is Cc1ccccc1C(=O)N1CCC2(CC1)C(=O)N(CC(=O)NC(C)c1ccccc1)CN2c1ccccc1. The van der Waals surface area contributed by atoms with Gasteiger partial charge in [-0.2, -0.15) is 0 Å². The standard InChI is InChI=1S/C31H34N4O3/c1-23-11-9-10-16-27(23)29(37)33-19-17-31(18-20-33)30(38)34(22-35(31)26-14-7-4-8-15-26)21-28(36)32-24(2)25-12-5-3-6-13-25/h3-16,24H,17-22H2,1-2H3,(H,32,36). The molecule has 3 amide bonds. The van der Waals surface area contributed by atoms with Gasteiger partial charge in [0.05, 0.1) is 12.7 Å². The number of hydrogen-bond acceptors (Lipinski definition) is 4. The molecule has 7 nitrogen and oxygen atoms in total. The zero-order chi connectivity index (χ0) is 26.7. The molecule has 1 spiro atoms. The molecule has 196 valence electrons. The number of amides is 3. The summed E-state index contributed by atoms with van der Waals surface area (Å²) >= 11 is 0. The Hall–Kier alpha value is -4.13. The minimum absolute atomic E-state index is 0.000732. The Morgan fingerprint density at radius 1 is 0.895 bits per heavy atom. The van der Waals surface area contributed by atoms with Crippen LogP contribution in [0.3, 0.4) is 0 Å². The Labute approximate surface area is 224 Å². The molecular formula is C31H34N4O3. The zero-order valence-corrected chi connectivity index (χ0v) is 22.0. The fraction of sp³-hybridized carbons (Fsp3) is 0.323. The van der Waals surface area contributed by atoms with Gasteiger partial charge in [-0.1, -0.05) is 66.7 Å². The van der Waals surface area contributed by atoms with Gasteiger partial charge in [0.25, 0.3) is 11.8 Å². The Bertz CT molecular complexity index is 1300. The maximum Gasteiger partial charge on any atom is 0.254 e. The number of carbonyl (C=O) groups excluding carboxylic acids is 3. The number of benzene rings is 3. The van der Waals surface area contributed by atoms with Gasteiger partial charge < -0.3 is 20.0 Å². The molecule has 2 aliphatic heterocycles. The molecule has 1 N–H and O–H groups in total. The summed E-state index contributed by atoms with van der Waals surface area (Å²) in [5.74, 6) is -0.237. The van der Waals surface area contributed by atoms with Crippen molar-refractivity contribution in [2.45, 2.75) is 38.3 Å². The summed E-state index contributed by atoms with van der Waals surface area (Å²) in [4.78, 5) is 45.8. The Balaban J connectivity index is 1.32. The average molecular weight is 511 g/mol. The monoisotopic (exact) mass is 510 g/mol. The predicted octanol–water partition coefficient (Wildman–Crippen LogP) is 4.15. The van der Waals surface area contributed by atoms with E-state index in [0.29, 0.717) is 38.2 Å². The molecule has 3 aromatic rings. The van der Waals surface area contributed by atoms with E-state index in [9.17, 15) is 14.4 Å². The number of aryl methyl sites for hydroxylation is 1. The highest BCUT2D eigenvalue weighted by molar-refractivity contribution is 5.98. The molecule has 2 heterocycles. The third kappa shape index (κ3) is 4.88. The highest BCUT2D eigenvalue weighted by Gasteiger charge is 2.54. The van der Waals surface area contributed by atoms with Crippen LogP contribution in [0, 0.1) is 6.92 Å². The van der Waals surface area contributed by atoms with Gasteiger partial charge >= 0.3 is 0 Å². The second-order valence-corrected chi connectivity index (χ2v) is 10.2. The number of likely N-dealkylation sites (tertiary alicyclic amines) is 1. The van der Waals surface area contributed by atoms with Crippen LogP contribution in [-0.4, -0.2) is 59.4 Å². The fourth-order valence-corrected chi connectivity index (χ4v) is 5.67. The highest BCUT2D eigenvalue weighted by Crippen LogP contribution is 2.39. The van der Waals surface area contributed by atoms with Crippen LogP contribution < -0.4 is 10.2 Å². The first kappa shape index (κ1) is 25.5. The molecule has 0 bridgehead atoms. The van der Waals surface area contributed by atoms with Crippen LogP contribution >= 0.6 is 0 Å². The summed E-state index contributed by atoms with van der Waals surface area (Å²) in [5, 5.41) is 3.03. The van der Waals surface area contributed by atoms with E-state index in [1.165, 1.54) is 0 Å². The number of piperidine rings is 1. The van der Waals surface area contributed by atoms with Crippen LogP contribution in [-0.2, 0) is 9.59 Å². The highest BCUT2D eigenvalue weighted by atomic mass is 16.2. The lowest BCUT2D eigenvalue weighted by atomic mass is 9.85. The number of nitrogens with zero attached hydrogens (tertiary/aromatic N) is 3. The van der Waals surface area contributed by atoms with E-state index in [4.69, 9.17) is 0 Å². The molecule has 1 atom stereocenters. The van der Waals surface area contributed by atoms with E-state index in [0.717, 1.165) is 16.8 Å². The third-order valence-corrected chi connectivity index (χ3v) is 7.85. The van der Waals surface area contributed by atoms with Crippen molar-refractivity contribution in [3.05, 3.63) is 102 Å². The largest absolute Gasteiger partial charge is 0.348 e. The number of anilines is 1. The molecule has 7 heteroatoms. The van der Waals surface area contributed by atoms with E-state index >= 15 is 0 Å². The third-order valence-electron chi connectivity index (χ3n) is 7.85. The van der Waals surface area contributed by atoms with Gasteiger partial charge in [-0.25, -0.2) is 0 Å². The molecule has 3 aromatic carbocycles. The van der Waals surface area contributed by atoms with Gasteiger partial charge in [0.1, 0.15) is 12.1 Å². The minimum Gasteiger partial charge on any atom is -0.348 e. The molecular weight excluding hydrogens is 476 g/mol. The van der Waals surface area contributed by atoms with Crippen LogP contribution in [0.1, 0.15) is 47.3 Å². The van der Waals surface area contributed by atoms with Crippen molar-refractivity contribution in [2.75, 3.05) is 31.2 Å². The molecule has 0 aliphatic carbocycles. The van der Waals surface area contributed by atoms with E-state index < -0.39 is 5.54 Å². The van der Waals surface area contributed by atoms with Crippen molar-refractivity contribution in [1.29, 1.82) is 0 Å². The molecule has 2 aliphatic rings. The molecule has 0 saturated carbocycles. The van der Waals surface area contributed by atoms with Crippen LogP contribution in [0.5, 0.6) is 0 Å². The Morgan fingerprint density at radius 2 is 1.50 bits per heavy atom. The summed E-state index contributed by atoms with van der Waals surface area (Å²) in [6, 6.07) is 27.1. The quantitative estimate of drug-likeness (QED) is 0.541.